The molecule has 0 aliphatic rings. The van der Waals surface area contributed by atoms with Crippen LogP contribution in [0.15, 0.2) is 41.3 Å². The van der Waals surface area contributed by atoms with Crippen LogP contribution >= 0.6 is 0 Å². The summed E-state index contributed by atoms with van der Waals surface area (Å²) >= 11 is 0. The number of H-pyrrole nitrogens is 1. The third kappa shape index (κ3) is 1.20. The molecule has 16 heavy (non-hydrogen) atoms. The van der Waals surface area contributed by atoms with Gasteiger partial charge in [-0.3, -0.25) is 9.20 Å². The number of aromatic amines is 1. The molecule has 0 aliphatic carbocycles. The molecule has 6 nitrogen and oxygen atoms in total. The summed E-state index contributed by atoms with van der Waals surface area (Å²) in [7, 11) is 0. The summed E-state index contributed by atoms with van der Waals surface area (Å²) in [5.74, 6) is 0.378. The van der Waals surface area contributed by atoms with Gasteiger partial charge in [-0.05, 0) is 34.7 Å². The average Bonchev–Trinajstić information content (AvgIpc) is 2.83. The fourth-order valence-electron chi connectivity index (χ4n) is 1.60. The van der Waals surface area contributed by atoms with Crippen LogP contribution in [0.25, 0.3) is 16.9 Å². The summed E-state index contributed by atoms with van der Waals surface area (Å²) in [6.07, 6.45) is 1.71. The number of nitrogens with one attached hydrogen (secondary N) is 1. The normalized spacial score (nSPS) is 10.8. The van der Waals surface area contributed by atoms with Gasteiger partial charge in [-0.2, -0.15) is 0 Å². The summed E-state index contributed by atoms with van der Waals surface area (Å²) in [5, 5.41) is 13.2. The standard InChI is InChI=1S/C10H7N5O/c16-10-8(9-11-13-14-12-9)5-4-7-3-1-2-6-15(7)10/h1-6H,(H,11,12,13,14). The molecule has 0 fully saturated rings. The van der Waals surface area contributed by atoms with Crippen molar-refractivity contribution >= 4 is 5.52 Å². The van der Waals surface area contributed by atoms with Crippen LogP contribution in [0.4, 0.5) is 0 Å². The van der Waals surface area contributed by atoms with Gasteiger partial charge >= 0.3 is 0 Å². The van der Waals surface area contributed by atoms with Crippen LogP contribution in [0.5, 0.6) is 0 Å². The van der Waals surface area contributed by atoms with Gasteiger partial charge in [-0.1, -0.05) is 6.07 Å². The third-order valence-corrected chi connectivity index (χ3v) is 2.36. The van der Waals surface area contributed by atoms with Crippen LogP contribution in [0.2, 0.25) is 0 Å². The van der Waals surface area contributed by atoms with Crippen molar-refractivity contribution in [3.8, 4) is 11.4 Å². The molecule has 6 heteroatoms. The van der Waals surface area contributed by atoms with E-state index >= 15 is 0 Å². The molecule has 0 saturated heterocycles. The van der Waals surface area contributed by atoms with Crippen molar-refractivity contribution in [2.75, 3.05) is 0 Å². The zero-order valence-corrected chi connectivity index (χ0v) is 8.16. The molecule has 0 unspecified atom stereocenters. The van der Waals surface area contributed by atoms with E-state index in [1.807, 2.05) is 18.2 Å². The van der Waals surface area contributed by atoms with E-state index in [2.05, 4.69) is 20.6 Å². The summed E-state index contributed by atoms with van der Waals surface area (Å²) in [6.45, 7) is 0. The van der Waals surface area contributed by atoms with E-state index in [1.165, 1.54) is 0 Å². The summed E-state index contributed by atoms with van der Waals surface area (Å²) in [6, 6.07) is 9.10. The monoisotopic (exact) mass is 213 g/mol. The molecular formula is C10H7N5O. The Kier molecular flexibility index (Phi) is 1.79. The van der Waals surface area contributed by atoms with E-state index < -0.39 is 0 Å². The fourth-order valence-corrected chi connectivity index (χ4v) is 1.60. The summed E-state index contributed by atoms with van der Waals surface area (Å²) in [4.78, 5) is 12.1. The van der Waals surface area contributed by atoms with Crippen LogP contribution in [0, 0.1) is 0 Å². The van der Waals surface area contributed by atoms with Gasteiger partial charge in [0, 0.05) is 11.7 Å². The van der Waals surface area contributed by atoms with Crippen molar-refractivity contribution in [1.29, 1.82) is 0 Å². The van der Waals surface area contributed by atoms with Gasteiger partial charge in [-0.15, -0.1) is 5.10 Å². The van der Waals surface area contributed by atoms with Gasteiger partial charge in [0.2, 0.25) is 0 Å². The molecule has 0 bridgehead atoms. The highest BCUT2D eigenvalue weighted by Gasteiger charge is 2.08. The molecule has 0 saturated carbocycles. The second-order valence-corrected chi connectivity index (χ2v) is 3.30. The molecule has 0 aliphatic heterocycles. The van der Waals surface area contributed by atoms with Gasteiger partial charge in [-0.25, -0.2) is 5.10 Å². The number of aromatic nitrogens is 5. The van der Waals surface area contributed by atoms with E-state index in [4.69, 9.17) is 0 Å². The smallest absolute Gasteiger partial charge is 0.266 e. The van der Waals surface area contributed by atoms with E-state index in [1.54, 1.807) is 22.7 Å². The maximum absolute atomic E-state index is 12.1. The molecule has 3 aromatic rings. The highest BCUT2D eigenvalue weighted by molar-refractivity contribution is 5.58. The second-order valence-electron chi connectivity index (χ2n) is 3.30. The Morgan fingerprint density at radius 3 is 2.94 bits per heavy atom. The Labute approximate surface area is 89.6 Å². The van der Waals surface area contributed by atoms with Crippen molar-refractivity contribution in [1.82, 2.24) is 25.0 Å². The lowest BCUT2D eigenvalue weighted by Crippen LogP contribution is -2.15. The zero-order valence-electron chi connectivity index (χ0n) is 8.16. The van der Waals surface area contributed by atoms with Crippen LogP contribution in [-0.2, 0) is 0 Å². The van der Waals surface area contributed by atoms with E-state index in [0.717, 1.165) is 5.52 Å². The SMILES string of the molecule is O=c1c(-c2nnn[nH]2)ccc2ccccn12. The number of rotatable bonds is 1. The second kappa shape index (κ2) is 3.27. The molecule has 3 aromatic heterocycles. The van der Waals surface area contributed by atoms with Crippen molar-refractivity contribution in [3.63, 3.8) is 0 Å². The van der Waals surface area contributed by atoms with Crippen molar-refractivity contribution in [2.24, 2.45) is 0 Å². The Balaban J connectivity index is 2.37. The number of hydrogen-bond donors (Lipinski definition) is 1. The van der Waals surface area contributed by atoms with Gasteiger partial charge in [0.05, 0.1) is 5.56 Å². The van der Waals surface area contributed by atoms with Crippen LogP contribution in [-0.4, -0.2) is 25.0 Å². The molecule has 0 amide bonds. The first-order chi connectivity index (χ1) is 7.86. The molecular weight excluding hydrogens is 206 g/mol. The van der Waals surface area contributed by atoms with Crippen LogP contribution in [0.3, 0.4) is 0 Å². The molecule has 0 spiro atoms. The minimum absolute atomic E-state index is 0.142. The maximum atomic E-state index is 12.1. The Morgan fingerprint density at radius 2 is 2.12 bits per heavy atom. The van der Waals surface area contributed by atoms with E-state index in [9.17, 15) is 4.79 Å². The number of nitrogens with zero attached hydrogens (tertiary/aromatic N) is 4. The minimum atomic E-state index is -0.142. The molecule has 3 heterocycles. The van der Waals surface area contributed by atoms with E-state index in [-0.39, 0.29) is 5.56 Å². The number of tetrazole rings is 1. The zero-order chi connectivity index (χ0) is 11.0. The lowest BCUT2D eigenvalue weighted by molar-refractivity contribution is 0.881. The predicted octanol–water partition coefficient (Wildman–Crippen LogP) is 0.480. The van der Waals surface area contributed by atoms with Crippen LogP contribution in [0.1, 0.15) is 0 Å². The molecule has 0 aromatic carbocycles. The maximum Gasteiger partial charge on any atom is 0.266 e. The first-order valence-corrected chi connectivity index (χ1v) is 4.71. The summed E-state index contributed by atoms with van der Waals surface area (Å²) in [5.41, 5.74) is 1.15. The van der Waals surface area contributed by atoms with Gasteiger partial charge in [0.15, 0.2) is 5.82 Å². The number of fused-ring (bicyclic) bond motifs is 1. The minimum Gasteiger partial charge on any atom is -0.284 e. The van der Waals surface area contributed by atoms with Gasteiger partial charge in [0.25, 0.3) is 5.56 Å². The van der Waals surface area contributed by atoms with E-state index in [0.29, 0.717) is 11.4 Å². The number of pyridine rings is 2. The quantitative estimate of drug-likeness (QED) is 0.637. The third-order valence-electron chi connectivity index (χ3n) is 2.36. The van der Waals surface area contributed by atoms with Crippen molar-refractivity contribution < 1.29 is 0 Å². The van der Waals surface area contributed by atoms with Crippen LogP contribution < -0.4 is 5.56 Å². The highest BCUT2D eigenvalue weighted by atomic mass is 16.1. The predicted molar refractivity (Wildman–Crippen MR) is 56.8 cm³/mol. The lowest BCUT2D eigenvalue weighted by Gasteiger charge is -2.01. The largest absolute Gasteiger partial charge is 0.284 e. The molecule has 1 N–H and O–H groups in total. The Hall–Kier alpha value is -2.50. The average molecular weight is 213 g/mol. The number of hydrogen-bond acceptors (Lipinski definition) is 4. The molecule has 78 valence electrons. The topological polar surface area (TPSA) is 75.9 Å². The fraction of sp³-hybridized carbons (Fsp3) is 0. The van der Waals surface area contributed by atoms with Crippen molar-refractivity contribution in [2.45, 2.75) is 0 Å². The lowest BCUT2D eigenvalue weighted by atomic mass is 10.2. The first-order valence-electron chi connectivity index (χ1n) is 4.71. The van der Waals surface area contributed by atoms with Gasteiger partial charge < -0.3 is 0 Å². The Bertz CT molecular complexity index is 686. The highest BCUT2D eigenvalue weighted by Crippen LogP contribution is 2.09. The first kappa shape index (κ1) is 8.78. The summed E-state index contributed by atoms with van der Waals surface area (Å²) < 4.78 is 1.55. The van der Waals surface area contributed by atoms with Gasteiger partial charge in [0.1, 0.15) is 0 Å². The molecule has 0 atom stereocenters. The Morgan fingerprint density at radius 1 is 1.19 bits per heavy atom. The van der Waals surface area contributed by atoms with Crippen molar-refractivity contribution in [3.05, 3.63) is 46.9 Å². The molecule has 3 rings (SSSR count). The molecule has 0 radical (unpaired) electrons.